The SMILES string of the molecule is COCCN(CC1NCC2CCCC21)C(C)COC. The molecule has 1 saturated carbocycles. The first-order chi connectivity index (χ1) is 9.26. The third-order valence-electron chi connectivity index (χ3n) is 4.92. The van der Waals surface area contributed by atoms with Crippen molar-refractivity contribution in [2.24, 2.45) is 11.8 Å². The van der Waals surface area contributed by atoms with Gasteiger partial charge in [-0.15, -0.1) is 0 Å². The number of fused-ring (bicyclic) bond motifs is 1. The van der Waals surface area contributed by atoms with E-state index in [1.54, 1.807) is 14.2 Å². The standard InChI is InChI=1S/C15H30N2O2/c1-12(11-19-3)17(7-8-18-2)10-15-14-6-4-5-13(14)9-16-15/h12-16H,4-11H2,1-3H3. The topological polar surface area (TPSA) is 33.7 Å². The smallest absolute Gasteiger partial charge is 0.0615 e. The van der Waals surface area contributed by atoms with Gasteiger partial charge in [0.05, 0.1) is 13.2 Å². The van der Waals surface area contributed by atoms with Crippen molar-refractivity contribution in [3.63, 3.8) is 0 Å². The summed E-state index contributed by atoms with van der Waals surface area (Å²) in [5, 5.41) is 3.74. The maximum Gasteiger partial charge on any atom is 0.0615 e. The van der Waals surface area contributed by atoms with Gasteiger partial charge in [0.1, 0.15) is 0 Å². The van der Waals surface area contributed by atoms with Crippen LogP contribution in [0.25, 0.3) is 0 Å². The molecule has 112 valence electrons. The maximum absolute atomic E-state index is 5.31. The first-order valence-electron chi connectivity index (χ1n) is 7.71. The lowest BCUT2D eigenvalue weighted by molar-refractivity contribution is 0.0664. The predicted molar refractivity (Wildman–Crippen MR) is 77.4 cm³/mol. The second kappa shape index (κ2) is 7.58. The lowest BCUT2D eigenvalue weighted by atomic mass is 9.93. The van der Waals surface area contributed by atoms with E-state index in [9.17, 15) is 0 Å². The predicted octanol–water partition coefficient (Wildman–Crippen LogP) is 1.36. The summed E-state index contributed by atoms with van der Waals surface area (Å²) in [4.78, 5) is 2.52. The van der Waals surface area contributed by atoms with Crippen LogP contribution in [0.15, 0.2) is 0 Å². The van der Waals surface area contributed by atoms with Gasteiger partial charge in [-0.3, -0.25) is 4.90 Å². The fourth-order valence-electron chi connectivity index (χ4n) is 3.80. The Labute approximate surface area is 117 Å². The van der Waals surface area contributed by atoms with Crippen LogP contribution in [0.5, 0.6) is 0 Å². The molecule has 19 heavy (non-hydrogen) atoms. The van der Waals surface area contributed by atoms with Crippen LogP contribution in [0, 0.1) is 11.8 Å². The van der Waals surface area contributed by atoms with Crippen molar-refractivity contribution in [1.82, 2.24) is 10.2 Å². The van der Waals surface area contributed by atoms with Gasteiger partial charge in [0, 0.05) is 39.4 Å². The van der Waals surface area contributed by atoms with Gasteiger partial charge in [0.25, 0.3) is 0 Å². The lowest BCUT2D eigenvalue weighted by Gasteiger charge is -2.32. The molecular formula is C15H30N2O2. The molecule has 0 radical (unpaired) electrons. The largest absolute Gasteiger partial charge is 0.383 e. The van der Waals surface area contributed by atoms with Gasteiger partial charge in [-0.1, -0.05) is 6.42 Å². The van der Waals surface area contributed by atoms with Gasteiger partial charge >= 0.3 is 0 Å². The molecule has 0 aromatic heterocycles. The van der Waals surface area contributed by atoms with Crippen molar-refractivity contribution < 1.29 is 9.47 Å². The minimum Gasteiger partial charge on any atom is -0.383 e. The van der Waals surface area contributed by atoms with Crippen LogP contribution in [0.3, 0.4) is 0 Å². The number of hydrogen-bond donors (Lipinski definition) is 1. The summed E-state index contributed by atoms with van der Waals surface area (Å²) in [6, 6.07) is 1.13. The van der Waals surface area contributed by atoms with Crippen LogP contribution in [0.1, 0.15) is 26.2 Å². The summed E-state index contributed by atoms with van der Waals surface area (Å²) in [7, 11) is 3.56. The normalized spacial score (nSPS) is 31.9. The molecule has 0 aromatic carbocycles. The number of nitrogens with one attached hydrogen (secondary N) is 1. The van der Waals surface area contributed by atoms with Crippen LogP contribution >= 0.6 is 0 Å². The van der Waals surface area contributed by atoms with E-state index >= 15 is 0 Å². The molecule has 1 saturated heterocycles. The zero-order valence-electron chi connectivity index (χ0n) is 12.7. The second-order valence-electron chi connectivity index (χ2n) is 6.16. The Morgan fingerprint density at radius 2 is 2.11 bits per heavy atom. The molecule has 1 N–H and O–H groups in total. The van der Waals surface area contributed by atoms with Crippen molar-refractivity contribution in [3.8, 4) is 0 Å². The Hall–Kier alpha value is -0.160. The zero-order valence-corrected chi connectivity index (χ0v) is 12.7. The van der Waals surface area contributed by atoms with E-state index in [2.05, 4.69) is 17.1 Å². The Kier molecular flexibility index (Phi) is 6.07. The first-order valence-corrected chi connectivity index (χ1v) is 7.71. The third-order valence-corrected chi connectivity index (χ3v) is 4.92. The van der Waals surface area contributed by atoms with Gasteiger partial charge in [-0.25, -0.2) is 0 Å². The molecule has 2 aliphatic rings. The van der Waals surface area contributed by atoms with E-state index in [0.717, 1.165) is 38.1 Å². The Morgan fingerprint density at radius 3 is 2.84 bits per heavy atom. The number of methoxy groups -OCH3 is 2. The average Bonchev–Trinajstić information content (AvgIpc) is 2.98. The van der Waals surface area contributed by atoms with E-state index in [-0.39, 0.29) is 0 Å². The third kappa shape index (κ3) is 3.91. The van der Waals surface area contributed by atoms with Crippen molar-refractivity contribution >= 4 is 0 Å². The van der Waals surface area contributed by atoms with Gasteiger partial charge in [-0.2, -0.15) is 0 Å². The molecule has 2 fully saturated rings. The first kappa shape index (κ1) is 15.2. The minimum atomic E-state index is 0.461. The van der Waals surface area contributed by atoms with Crippen LogP contribution < -0.4 is 5.32 Å². The van der Waals surface area contributed by atoms with Crippen LogP contribution in [0.2, 0.25) is 0 Å². The fourth-order valence-corrected chi connectivity index (χ4v) is 3.80. The quantitative estimate of drug-likeness (QED) is 0.722. The molecule has 1 aliphatic carbocycles. The number of ether oxygens (including phenoxy) is 2. The van der Waals surface area contributed by atoms with Gasteiger partial charge in [0.2, 0.25) is 0 Å². The molecule has 0 bridgehead atoms. The number of rotatable bonds is 8. The molecule has 1 aliphatic heterocycles. The minimum absolute atomic E-state index is 0.461. The molecule has 2 rings (SSSR count). The van der Waals surface area contributed by atoms with Crippen molar-refractivity contribution in [2.45, 2.75) is 38.3 Å². The van der Waals surface area contributed by atoms with Crippen LogP contribution in [0.4, 0.5) is 0 Å². The molecule has 4 unspecified atom stereocenters. The van der Waals surface area contributed by atoms with Gasteiger partial charge in [-0.05, 0) is 38.1 Å². The van der Waals surface area contributed by atoms with Crippen molar-refractivity contribution in [1.29, 1.82) is 0 Å². The highest BCUT2D eigenvalue weighted by molar-refractivity contribution is 4.95. The molecule has 0 amide bonds. The summed E-state index contributed by atoms with van der Waals surface area (Å²) >= 11 is 0. The van der Waals surface area contributed by atoms with Crippen LogP contribution in [-0.4, -0.2) is 64.1 Å². The van der Waals surface area contributed by atoms with Gasteiger partial charge < -0.3 is 14.8 Å². The van der Waals surface area contributed by atoms with E-state index < -0.39 is 0 Å². The highest BCUT2D eigenvalue weighted by Crippen LogP contribution is 2.37. The summed E-state index contributed by atoms with van der Waals surface area (Å²) < 4.78 is 10.6. The summed E-state index contributed by atoms with van der Waals surface area (Å²) in [6.07, 6.45) is 4.28. The summed E-state index contributed by atoms with van der Waals surface area (Å²) in [6.45, 7) is 7.21. The molecule has 4 heteroatoms. The summed E-state index contributed by atoms with van der Waals surface area (Å²) in [5.41, 5.74) is 0. The Morgan fingerprint density at radius 1 is 1.26 bits per heavy atom. The molecule has 0 spiro atoms. The monoisotopic (exact) mass is 270 g/mol. The molecule has 1 heterocycles. The van der Waals surface area contributed by atoms with Crippen molar-refractivity contribution in [2.75, 3.05) is 47.1 Å². The Bertz CT molecular complexity index is 263. The maximum atomic E-state index is 5.31. The average molecular weight is 270 g/mol. The fraction of sp³-hybridized carbons (Fsp3) is 1.00. The second-order valence-corrected chi connectivity index (χ2v) is 6.16. The Balaban J connectivity index is 1.87. The number of nitrogens with zero attached hydrogens (tertiary/aromatic N) is 1. The highest BCUT2D eigenvalue weighted by atomic mass is 16.5. The molecular weight excluding hydrogens is 240 g/mol. The van der Waals surface area contributed by atoms with Crippen LogP contribution in [-0.2, 0) is 9.47 Å². The van der Waals surface area contributed by atoms with E-state index in [4.69, 9.17) is 9.47 Å². The lowest BCUT2D eigenvalue weighted by Crippen LogP contribution is -2.47. The summed E-state index contributed by atoms with van der Waals surface area (Å²) in [5.74, 6) is 1.84. The van der Waals surface area contributed by atoms with Gasteiger partial charge in [0.15, 0.2) is 0 Å². The highest BCUT2D eigenvalue weighted by Gasteiger charge is 2.39. The number of hydrogen-bond acceptors (Lipinski definition) is 4. The molecule has 0 aromatic rings. The van der Waals surface area contributed by atoms with E-state index in [1.807, 2.05) is 0 Å². The molecule has 4 nitrogen and oxygen atoms in total. The molecule has 4 atom stereocenters. The van der Waals surface area contributed by atoms with E-state index in [0.29, 0.717) is 12.1 Å². The van der Waals surface area contributed by atoms with E-state index in [1.165, 1.54) is 25.8 Å². The van der Waals surface area contributed by atoms with Crippen molar-refractivity contribution in [3.05, 3.63) is 0 Å². The zero-order chi connectivity index (χ0) is 13.7.